The summed E-state index contributed by atoms with van der Waals surface area (Å²) in [6, 6.07) is 2.14. The van der Waals surface area contributed by atoms with Crippen molar-refractivity contribution in [3.05, 3.63) is 67.3 Å². The SMILES string of the molecule is C=C.C=C=C=C=C.CC(=O)N1CCN(c2nc3c(F)cc(F)cc3s2)CC1. The quantitative estimate of drug-likeness (QED) is 0.539. The molecule has 1 fully saturated rings. The molecule has 7 heteroatoms. The summed E-state index contributed by atoms with van der Waals surface area (Å²) in [7, 11) is 0. The van der Waals surface area contributed by atoms with Crippen LogP contribution >= 0.6 is 11.3 Å². The molecule has 0 unspecified atom stereocenters. The van der Waals surface area contributed by atoms with Gasteiger partial charge in [0.2, 0.25) is 5.91 Å². The van der Waals surface area contributed by atoms with Gasteiger partial charge >= 0.3 is 0 Å². The second kappa shape index (κ2) is 10.9. The first kappa shape index (κ1) is 22.1. The predicted octanol–water partition coefficient (Wildman–Crippen LogP) is 4.31. The van der Waals surface area contributed by atoms with Gasteiger partial charge in [-0.1, -0.05) is 22.8 Å². The van der Waals surface area contributed by atoms with E-state index in [4.69, 9.17) is 0 Å². The van der Waals surface area contributed by atoms with Gasteiger partial charge < -0.3 is 9.80 Å². The number of amides is 1. The van der Waals surface area contributed by atoms with Crippen molar-refractivity contribution < 1.29 is 13.6 Å². The molecule has 27 heavy (non-hydrogen) atoms. The fourth-order valence-electron chi connectivity index (χ4n) is 2.36. The topological polar surface area (TPSA) is 36.4 Å². The van der Waals surface area contributed by atoms with Gasteiger partial charge in [0.1, 0.15) is 11.3 Å². The van der Waals surface area contributed by atoms with Gasteiger partial charge in [-0.2, -0.15) is 0 Å². The number of halogens is 2. The van der Waals surface area contributed by atoms with Crippen LogP contribution in [-0.2, 0) is 4.79 Å². The Labute approximate surface area is 161 Å². The number of hydrogen-bond donors (Lipinski definition) is 0. The fourth-order valence-corrected chi connectivity index (χ4v) is 3.41. The third-order valence-electron chi connectivity index (χ3n) is 3.57. The Morgan fingerprint density at radius 2 is 1.74 bits per heavy atom. The summed E-state index contributed by atoms with van der Waals surface area (Å²) in [5, 5.41) is 0.674. The molecule has 142 valence electrons. The zero-order chi connectivity index (χ0) is 20.4. The summed E-state index contributed by atoms with van der Waals surface area (Å²) < 4.78 is 27.3. The van der Waals surface area contributed by atoms with Crippen LogP contribution in [0.3, 0.4) is 0 Å². The van der Waals surface area contributed by atoms with Gasteiger partial charge in [-0.05, 0) is 25.0 Å². The molecule has 4 nitrogen and oxygen atoms in total. The number of thiazole rings is 1. The second-order valence-corrected chi connectivity index (χ2v) is 6.21. The molecule has 0 atom stereocenters. The van der Waals surface area contributed by atoms with Crippen LogP contribution < -0.4 is 4.90 Å². The maximum Gasteiger partial charge on any atom is 0.219 e. The Bertz CT molecular complexity index is 887. The number of carbonyl (C=O) groups is 1. The van der Waals surface area contributed by atoms with Crippen LogP contribution in [0.4, 0.5) is 13.9 Å². The highest BCUT2D eigenvalue weighted by molar-refractivity contribution is 7.22. The van der Waals surface area contributed by atoms with Crippen molar-refractivity contribution in [2.75, 3.05) is 31.1 Å². The number of hydrogen-bond acceptors (Lipinski definition) is 4. The van der Waals surface area contributed by atoms with Crippen molar-refractivity contribution >= 4 is 32.6 Å². The van der Waals surface area contributed by atoms with E-state index in [0.29, 0.717) is 36.0 Å². The number of aromatic nitrogens is 1. The van der Waals surface area contributed by atoms with E-state index in [0.717, 1.165) is 6.07 Å². The molecule has 2 aromatic rings. The normalized spacial score (nSPS) is 12.6. The Morgan fingerprint density at radius 1 is 1.15 bits per heavy atom. The van der Waals surface area contributed by atoms with Crippen molar-refractivity contribution in [2.45, 2.75) is 6.92 Å². The van der Waals surface area contributed by atoms with Crippen molar-refractivity contribution in [3.8, 4) is 0 Å². The molecule has 0 N–H and O–H groups in total. The van der Waals surface area contributed by atoms with Crippen molar-refractivity contribution in [3.63, 3.8) is 0 Å². The number of carbonyl (C=O) groups excluding carboxylic acids is 1. The smallest absolute Gasteiger partial charge is 0.219 e. The third-order valence-corrected chi connectivity index (χ3v) is 4.64. The van der Waals surface area contributed by atoms with Crippen LogP contribution in [0.25, 0.3) is 10.2 Å². The van der Waals surface area contributed by atoms with Crippen LogP contribution in [-0.4, -0.2) is 42.0 Å². The summed E-state index contributed by atoms with van der Waals surface area (Å²) in [4.78, 5) is 19.3. The van der Waals surface area contributed by atoms with Crippen molar-refractivity contribution in [2.24, 2.45) is 0 Å². The zero-order valence-electron chi connectivity index (χ0n) is 15.2. The Hall–Kier alpha value is -2.94. The lowest BCUT2D eigenvalue weighted by molar-refractivity contribution is -0.129. The first-order chi connectivity index (χ1) is 13.0. The molecular weight excluding hydrogens is 368 g/mol. The molecule has 3 rings (SSSR count). The fraction of sp³-hybridized carbons (Fsp3) is 0.250. The van der Waals surface area contributed by atoms with E-state index < -0.39 is 11.6 Å². The van der Waals surface area contributed by atoms with Crippen LogP contribution in [0.5, 0.6) is 0 Å². The number of fused-ring (bicyclic) bond motifs is 1. The highest BCUT2D eigenvalue weighted by atomic mass is 32.1. The molecule has 0 saturated carbocycles. The maximum atomic E-state index is 13.6. The van der Waals surface area contributed by atoms with Gasteiger partial charge in [-0.15, -0.1) is 13.2 Å². The summed E-state index contributed by atoms with van der Waals surface area (Å²) in [5.41, 5.74) is 7.29. The molecule has 1 saturated heterocycles. The summed E-state index contributed by atoms with van der Waals surface area (Å²) in [5.74, 6) is -1.17. The van der Waals surface area contributed by atoms with Crippen LogP contribution in [0.2, 0.25) is 0 Å². The molecule has 1 amide bonds. The number of benzene rings is 1. The van der Waals surface area contributed by atoms with Gasteiger partial charge in [0.05, 0.1) is 4.70 Å². The minimum atomic E-state index is -0.634. The van der Waals surface area contributed by atoms with E-state index in [2.05, 4.69) is 48.5 Å². The number of piperazine rings is 1. The van der Waals surface area contributed by atoms with Gasteiger partial charge in [0.25, 0.3) is 0 Å². The second-order valence-electron chi connectivity index (χ2n) is 5.20. The number of nitrogens with zero attached hydrogens (tertiary/aromatic N) is 3. The number of anilines is 1. The van der Waals surface area contributed by atoms with Crippen LogP contribution in [0.15, 0.2) is 55.6 Å². The maximum absolute atomic E-state index is 13.6. The van der Waals surface area contributed by atoms with Crippen LogP contribution in [0.1, 0.15) is 6.92 Å². The van der Waals surface area contributed by atoms with E-state index in [1.807, 2.05) is 4.90 Å². The van der Waals surface area contributed by atoms with E-state index in [1.54, 1.807) is 11.8 Å². The first-order valence-electron chi connectivity index (χ1n) is 8.01. The Balaban J connectivity index is 0.000000454. The highest BCUT2D eigenvalue weighted by Gasteiger charge is 2.22. The molecule has 0 spiro atoms. The molecule has 2 heterocycles. The molecule has 0 aliphatic carbocycles. The first-order valence-corrected chi connectivity index (χ1v) is 8.83. The van der Waals surface area contributed by atoms with E-state index in [9.17, 15) is 13.6 Å². The Morgan fingerprint density at radius 3 is 2.22 bits per heavy atom. The predicted molar refractivity (Wildman–Crippen MR) is 107 cm³/mol. The number of rotatable bonds is 1. The summed E-state index contributed by atoms with van der Waals surface area (Å²) in [6.07, 6.45) is 0. The average Bonchev–Trinajstić information content (AvgIpc) is 3.09. The van der Waals surface area contributed by atoms with E-state index in [-0.39, 0.29) is 11.4 Å². The van der Waals surface area contributed by atoms with E-state index >= 15 is 0 Å². The van der Waals surface area contributed by atoms with E-state index in [1.165, 1.54) is 17.4 Å². The molecule has 0 bridgehead atoms. The summed E-state index contributed by atoms with van der Waals surface area (Å²) >= 11 is 1.27. The van der Waals surface area contributed by atoms with Gasteiger partial charge in [0, 0.05) is 39.2 Å². The van der Waals surface area contributed by atoms with Crippen molar-refractivity contribution in [1.82, 2.24) is 9.88 Å². The van der Waals surface area contributed by atoms with Crippen molar-refractivity contribution in [1.29, 1.82) is 0 Å². The summed E-state index contributed by atoms with van der Waals surface area (Å²) in [6.45, 7) is 16.5. The zero-order valence-corrected chi connectivity index (χ0v) is 16.0. The lowest BCUT2D eigenvalue weighted by atomic mass is 10.3. The average molecular weight is 389 g/mol. The minimum absolute atomic E-state index is 0.0575. The van der Waals surface area contributed by atoms with Crippen LogP contribution in [0, 0.1) is 11.6 Å². The third kappa shape index (κ3) is 6.07. The Kier molecular flexibility index (Phi) is 8.94. The molecular formula is C20H21F2N3OS. The molecule has 0 radical (unpaired) electrons. The molecule has 1 aromatic heterocycles. The van der Waals surface area contributed by atoms with Gasteiger partial charge in [0.15, 0.2) is 10.9 Å². The monoisotopic (exact) mass is 389 g/mol. The molecule has 1 aliphatic rings. The highest BCUT2D eigenvalue weighted by Crippen LogP contribution is 2.31. The standard InChI is InChI=1S/C13H13F2N3OS.C5H4.C2H4/c1-8(19)17-2-4-18(5-3-17)13-16-12-10(15)6-9(14)7-11(12)20-13;1-3-5-4-2;1-2/h6-7H,2-5H2,1H3;1-2H2;1-2H2. The minimum Gasteiger partial charge on any atom is -0.345 e. The molecule has 1 aliphatic heterocycles. The lowest BCUT2D eigenvalue weighted by Gasteiger charge is -2.33. The van der Waals surface area contributed by atoms with Gasteiger partial charge in [-0.25, -0.2) is 13.8 Å². The van der Waals surface area contributed by atoms with Gasteiger partial charge in [-0.3, -0.25) is 4.79 Å². The largest absolute Gasteiger partial charge is 0.345 e. The lowest BCUT2D eigenvalue weighted by Crippen LogP contribution is -2.48. The molecule has 1 aromatic carbocycles.